The minimum Gasteiger partial charge on any atom is -0.499 e. The van der Waals surface area contributed by atoms with Gasteiger partial charge in [-0.25, -0.2) is 0 Å². The molecule has 0 bridgehead atoms. The summed E-state index contributed by atoms with van der Waals surface area (Å²) in [5.74, 6) is 0. The van der Waals surface area contributed by atoms with E-state index in [1.54, 1.807) is 18.2 Å². The van der Waals surface area contributed by atoms with Gasteiger partial charge in [-0.05, 0) is 40.2 Å². The largest absolute Gasteiger partial charge is 0.499 e. The van der Waals surface area contributed by atoms with E-state index in [1.807, 2.05) is 0 Å². The third-order valence-electron chi connectivity index (χ3n) is 1.89. The molecule has 0 aliphatic carbocycles. The third-order valence-corrected chi connectivity index (χ3v) is 3.67. The summed E-state index contributed by atoms with van der Waals surface area (Å²) in [6.07, 6.45) is 0. The average Bonchev–Trinajstić information content (AvgIpc) is 2.45. The van der Waals surface area contributed by atoms with Crippen molar-refractivity contribution in [3.05, 3.63) is 21.8 Å². The molecule has 3 N–H and O–H groups in total. The Morgan fingerprint density at radius 1 is 1.21 bits per heavy atom. The van der Waals surface area contributed by atoms with Crippen LogP contribution in [0.1, 0.15) is 0 Å². The number of hydrogen-bond donors (Lipinski definition) is 3. The van der Waals surface area contributed by atoms with Crippen LogP contribution in [0.15, 0.2) is 18.2 Å². The van der Waals surface area contributed by atoms with E-state index in [1.165, 1.54) is 11.3 Å². The van der Waals surface area contributed by atoms with E-state index >= 15 is 0 Å². The monoisotopic (exact) mass is 320 g/mol. The van der Waals surface area contributed by atoms with E-state index in [4.69, 9.17) is 10.0 Å². The van der Waals surface area contributed by atoms with Crippen LogP contribution in [-0.4, -0.2) is 22.3 Å². The molecule has 0 atom stereocenters. The third kappa shape index (κ3) is 1.74. The van der Waals surface area contributed by atoms with Gasteiger partial charge in [-0.15, -0.1) is 0 Å². The van der Waals surface area contributed by atoms with Gasteiger partial charge in [0.05, 0.1) is 0 Å². The second-order valence-corrected chi connectivity index (χ2v) is 5.10. The second-order valence-electron chi connectivity index (χ2n) is 2.87. The van der Waals surface area contributed by atoms with E-state index < -0.39 is 7.12 Å². The number of rotatable bonds is 1. The van der Waals surface area contributed by atoms with Gasteiger partial charge >= 0.3 is 7.12 Å². The number of fused-ring (bicyclic) bond motifs is 1. The van der Waals surface area contributed by atoms with Crippen LogP contribution >= 0.6 is 33.9 Å². The molecule has 0 radical (unpaired) electrons. The van der Waals surface area contributed by atoms with Gasteiger partial charge in [0.15, 0.2) is 5.06 Å². The molecule has 72 valence electrons. The second kappa shape index (κ2) is 3.69. The zero-order chi connectivity index (χ0) is 10.3. The van der Waals surface area contributed by atoms with E-state index in [0.29, 0.717) is 5.46 Å². The number of halogens is 1. The number of aromatic hydroxyl groups is 1. The van der Waals surface area contributed by atoms with Crippen molar-refractivity contribution in [3.8, 4) is 5.06 Å². The lowest BCUT2D eigenvalue weighted by molar-refractivity contribution is 0.426. The van der Waals surface area contributed by atoms with E-state index in [-0.39, 0.29) is 5.06 Å². The van der Waals surface area contributed by atoms with Crippen molar-refractivity contribution in [2.75, 3.05) is 0 Å². The van der Waals surface area contributed by atoms with Gasteiger partial charge in [-0.1, -0.05) is 11.3 Å². The Kier molecular flexibility index (Phi) is 2.69. The highest BCUT2D eigenvalue weighted by atomic mass is 127. The Bertz CT molecular complexity index is 483. The molecule has 0 aliphatic heterocycles. The van der Waals surface area contributed by atoms with Crippen LogP contribution in [0.25, 0.3) is 10.1 Å². The number of benzene rings is 1. The lowest BCUT2D eigenvalue weighted by Gasteiger charge is -2.00. The molecule has 0 spiro atoms. The summed E-state index contributed by atoms with van der Waals surface area (Å²) < 4.78 is 1.76. The van der Waals surface area contributed by atoms with E-state index in [2.05, 4.69) is 22.6 Å². The van der Waals surface area contributed by atoms with Crippen molar-refractivity contribution in [3.63, 3.8) is 0 Å². The minimum absolute atomic E-state index is 0.238. The molecule has 0 unspecified atom stereocenters. The highest BCUT2D eigenvalue weighted by molar-refractivity contribution is 14.1. The Morgan fingerprint density at radius 3 is 2.57 bits per heavy atom. The van der Waals surface area contributed by atoms with Gasteiger partial charge in [0.2, 0.25) is 0 Å². The zero-order valence-electron chi connectivity index (χ0n) is 6.94. The van der Waals surface area contributed by atoms with Crippen molar-refractivity contribution >= 4 is 56.6 Å². The normalized spacial score (nSPS) is 10.8. The molecule has 1 heterocycles. The van der Waals surface area contributed by atoms with Crippen LogP contribution in [0.5, 0.6) is 5.06 Å². The minimum atomic E-state index is -1.46. The van der Waals surface area contributed by atoms with Crippen LogP contribution in [0, 0.1) is 3.57 Å². The van der Waals surface area contributed by atoms with Crippen LogP contribution < -0.4 is 5.46 Å². The zero-order valence-corrected chi connectivity index (χ0v) is 9.91. The fraction of sp³-hybridized carbons (Fsp3) is 0. The van der Waals surface area contributed by atoms with Crippen LogP contribution in [0.3, 0.4) is 0 Å². The number of hydrogen-bond acceptors (Lipinski definition) is 4. The molecule has 3 nitrogen and oxygen atoms in total. The maximum atomic E-state index is 9.30. The molecule has 14 heavy (non-hydrogen) atoms. The van der Waals surface area contributed by atoms with Gasteiger partial charge < -0.3 is 15.2 Å². The predicted octanol–water partition coefficient (Wildman–Crippen LogP) is 0.891. The first-order chi connectivity index (χ1) is 6.58. The molecule has 1 aromatic heterocycles. The maximum absolute atomic E-state index is 9.30. The molecule has 1 aromatic carbocycles. The molecule has 2 rings (SSSR count). The Morgan fingerprint density at radius 2 is 1.93 bits per heavy atom. The first-order valence-corrected chi connectivity index (χ1v) is 5.75. The Balaban J connectivity index is 2.71. The van der Waals surface area contributed by atoms with Gasteiger partial charge in [-0.2, -0.15) is 0 Å². The lowest BCUT2D eigenvalue weighted by Crippen LogP contribution is -2.29. The standard InChI is InChI=1S/C8H6BIO3S/c10-6-1-4(9(12)13)2-7-5(6)3-8(11)14-7/h1-3,11-13H. The maximum Gasteiger partial charge on any atom is 0.488 e. The smallest absolute Gasteiger partial charge is 0.488 e. The first kappa shape index (κ1) is 10.2. The fourth-order valence-electron chi connectivity index (χ4n) is 1.25. The summed E-state index contributed by atoms with van der Waals surface area (Å²) in [5, 5.41) is 28.5. The molecular weight excluding hydrogens is 314 g/mol. The predicted molar refractivity (Wildman–Crippen MR) is 66.0 cm³/mol. The molecule has 0 amide bonds. The quantitative estimate of drug-likeness (QED) is 0.540. The van der Waals surface area contributed by atoms with Gasteiger partial charge in [0, 0.05) is 19.7 Å². The summed E-state index contributed by atoms with van der Waals surface area (Å²) >= 11 is 3.33. The summed E-state index contributed by atoms with van der Waals surface area (Å²) in [6.45, 7) is 0. The van der Waals surface area contributed by atoms with Crippen LogP contribution in [-0.2, 0) is 0 Å². The number of thiophene rings is 1. The first-order valence-electron chi connectivity index (χ1n) is 3.86. The van der Waals surface area contributed by atoms with Crippen molar-refractivity contribution in [1.29, 1.82) is 0 Å². The summed E-state index contributed by atoms with van der Waals surface area (Å²) in [5.41, 5.74) is 0.448. The van der Waals surface area contributed by atoms with E-state index in [9.17, 15) is 5.11 Å². The lowest BCUT2D eigenvalue weighted by atomic mass is 9.80. The molecule has 6 heteroatoms. The Labute approximate surface area is 98.3 Å². The van der Waals surface area contributed by atoms with Crippen molar-refractivity contribution in [2.24, 2.45) is 0 Å². The highest BCUT2D eigenvalue weighted by Gasteiger charge is 2.14. The summed E-state index contributed by atoms with van der Waals surface area (Å²) in [6, 6.07) is 5.04. The fourth-order valence-corrected chi connectivity index (χ4v) is 3.12. The molecule has 0 aliphatic rings. The highest BCUT2D eigenvalue weighted by Crippen LogP contribution is 2.32. The van der Waals surface area contributed by atoms with Gasteiger partial charge in [0.25, 0.3) is 0 Å². The van der Waals surface area contributed by atoms with Gasteiger partial charge in [-0.3, -0.25) is 0 Å². The van der Waals surface area contributed by atoms with E-state index in [0.717, 1.165) is 13.7 Å². The van der Waals surface area contributed by atoms with Crippen LogP contribution in [0.2, 0.25) is 0 Å². The molecule has 0 saturated carbocycles. The summed E-state index contributed by atoms with van der Waals surface area (Å²) in [4.78, 5) is 0. The Hall–Kier alpha value is -0.305. The average molecular weight is 320 g/mol. The van der Waals surface area contributed by atoms with Gasteiger partial charge in [0.1, 0.15) is 0 Å². The van der Waals surface area contributed by atoms with Crippen molar-refractivity contribution < 1.29 is 15.2 Å². The van der Waals surface area contributed by atoms with Crippen molar-refractivity contribution in [2.45, 2.75) is 0 Å². The summed E-state index contributed by atoms with van der Waals surface area (Å²) in [7, 11) is -1.46. The molecule has 2 aromatic rings. The topological polar surface area (TPSA) is 60.7 Å². The van der Waals surface area contributed by atoms with Crippen LogP contribution in [0.4, 0.5) is 0 Å². The molecular formula is C8H6BIO3S. The SMILES string of the molecule is OB(O)c1cc(I)c2cc(O)sc2c1. The molecule has 0 fully saturated rings. The van der Waals surface area contributed by atoms with Crippen molar-refractivity contribution in [1.82, 2.24) is 0 Å². The molecule has 0 saturated heterocycles.